The Morgan fingerprint density at radius 1 is 1.12 bits per heavy atom. The predicted molar refractivity (Wildman–Crippen MR) is 129 cm³/mol. The fourth-order valence-corrected chi connectivity index (χ4v) is 3.79. The Hall–Kier alpha value is -4.20. The van der Waals surface area contributed by atoms with E-state index in [2.05, 4.69) is 20.4 Å². The van der Waals surface area contributed by atoms with E-state index >= 15 is 0 Å². The number of rotatable bonds is 8. The van der Waals surface area contributed by atoms with Gasteiger partial charge in [0, 0.05) is 30.0 Å². The Morgan fingerprint density at radius 2 is 1.88 bits per heavy atom. The van der Waals surface area contributed by atoms with Gasteiger partial charge in [-0.2, -0.15) is 9.78 Å². The molecule has 2 N–H and O–H groups in total. The lowest BCUT2D eigenvalue weighted by Gasteiger charge is -2.09. The number of hydrogen-bond acceptors (Lipinski definition) is 5. The van der Waals surface area contributed by atoms with Crippen LogP contribution in [-0.4, -0.2) is 32.8 Å². The molecule has 1 saturated carbocycles. The third-order valence-corrected chi connectivity index (χ3v) is 5.79. The maximum atomic E-state index is 12.8. The van der Waals surface area contributed by atoms with Crippen molar-refractivity contribution in [2.75, 3.05) is 12.4 Å². The minimum atomic E-state index is -0.288. The molecule has 34 heavy (non-hydrogen) atoms. The zero-order chi connectivity index (χ0) is 23.5. The van der Waals surface area contributed by atoms with Gasteiger partial charge in [0.25, 0.3) is 5.56 Å². The van der Waals surface area contributed by atoms with E-state index in [0.717, 1.165) is 35.4 Å². The third-order valence-electron chi connectivity index (χ3n) is 5.79. The standard InChI is InChI=1S/C26H25N5O3/c1-34-20-12-7-17(8-13-20)9-14-24(32)28-23-15-22(19-10-11-19)30-31(23)26-27-21(16-25(33)29-26)18-5-3-2-4-6-18/h2-8,12-13,15-16,19H,9-11,14H2,1H3,(H,28,32)(H,27,29,33). The second kappa shape index (κ2) is 9.35. The molecule has 8 heteroatoms. The van der Waals surface area contributed by atoms with E-state index in [1.165, 1.54) is 10.7 Å². The van der Waals surface area contributed by atoms with Crippen LogP contribution in [0.2, 0.25) is 0 Å². The van der Waals surface area contributed by atoms with Crippen LogP contribution in [0.15, 0.2) is 71.5 Å². The lowest BCUT2D eigenvalue weighted by atomic mass is 10.1. The molecule has 1 amide bonds. The number of nitrogens with one attached hydrogen (secondary N) is 2. The lowest BCUT2D eigenvalue weighted by Crippen LogP contribution is -2.19. The van der Waals surface area contributed by atoms with Crippen molar-refractivity contribution >= 4 is 11.7 Å². The van der Waals surface area contributed by atoms with Crippen molar-refractivity contribution in [1.29, 1.82) is 0 Å². The highest BCUT2D eigenvalue weighted by Gasteiger charge is 2.28. The molecule has 1 fully saturated rings. The lowest BCUT2D eigenvalue weighted by molar-refractivity contribution is -0.116. The molecule has 1 aliphatic rings. The summed E-state index contributed by atoms with van der Waals surface area (Å²) in [5.41, 5.74) is 3.01. The van der Waals surface area contributed by atoms with Gasteiger partial charge >= 0.3 is 0 Å². The van der Waals surface area contributed by atoms with E-state index in [1.807, 2.05) is 60.7 Å². The third kappa shape index (κ3) is 4.91. The van der Waals surface area contributed by atoms with Crippen LogP contribution in [0, 0.1) is 0 Å². The second-order valence-corrected chi connectivity index (χ2v) is 8.36. The molecule has 0 saturated heterocycles. The molecule has 0 spiro atoms. The van der Waals surface area contributed by atoms with E-state index in [-0.39, 0.29) is 17.4 Å². The molecule has 5 rings (SSSR count). The van der Waals surface area contributed by atoms with E-state index < -0.39 is 0 Å². The minimum Gasteiger partial charge on any atom is -0.497 e. The molecule has 2 aromatic carbocycles. The molecule has 0 bridgehead atoms. The summed E-state index contributed by atoms with van der Waals surface area (Å²) in [6.07, 6.45) is 3.04. The number of anilines is 1. The van der Waals surface area contributed by atoms with E-state index in [1.54, 1.807) is 7.11 Å². The summed E-state index contributed by atoms with van der Waals surface area (Å²) in [7, 11) is 1.62. The number of methoxy groups -OCH3 is 1. The van der Waals surface area contributed by atoms with Crippen molar-refractivity contribution < 1.29 is 9.53 Å². The summed E-state index contributed by atoms with van der Waals surface area (Å²) in [6, 6.07) is 20.5. The molecule has 0 radical (unpaired) electrons. The van der Waals surface area contributed by atoms with Crippen molar-refractivity contribution in [3.8, 4) is 23.0 Å². The van der Waals surface area contributed by atoms with Crippen molar-refractivity contribution in [2.45, 2.75) is 31.6 Å². The number of aryl methyl sites for hydroxylation is 1. The van der Waals surface area contributed by atoms with Crippen LogP contribution in [0.1, 0.15) is 36.4 Å². The van der Waals surface area contributed by atoms with Gasteiger partial charge in [0.1, 0.15) is 11.6 Å². The van der Waals surface area contributed by atoms with Crippen LogP contribution in [0.25, 0.3) is 17.2 Å². The first-order chi connectivity index (χ1) is 16.6. The number of nitrogens with zero attached hydrogens (tertiary/aromatic N) is 3. The SMILES string of the molecule is COc1ccc(CCC(=O)Nc2cc(C3CC3)nn2-c2nc(-c3ccccc3)cc(=O)[nH]2)cc1. The van der Waals surface area contributed by atoms with Crippen LogP contribution < -0.4 is 15.6 Å². The maximum absolute atomic E-state index is 12.8. The van der Waals surface area contributed by atoms with Gasteiger partial charge in [-0.1, -0.05) is 42.5 Å². The highest BCUT2D eigenvalue weighted by Crippen LogP contribution is 2.40. The average molecular weight is 456 g/mol. The van der Waals surface area contributed by atoms with Gasteiger partial charge < -0.3 is 10.1 Å². The van der Waals surface area contributed by atoms with Gasteiger partial charge in [0.05, 0.1) is 18.5 Å². The highest BCUT2D eigenvalue weighted by atomic mass is 16.5. The summed E-state index contributed by atoms with van der Waals surface area (Å²) in [4.78, 5) is 32.6. The fraction of sp³-hybridized carbons (Fsp3) is 0.231. The average Bonchev–Trinajstić information content (AvgIpc) is 3.63. The van der Waals surface area contributed by atoms with Crippen molar-refractivity contribution in [3.05, 3.63) is 88.3 Å². The summed E-state index contributed by atoms with van der Waals surface area (Å²) < 4.78 is 6.70. The molecular weight excluding hydrogens is 430 g/mol. The number of aromatic nitrogens is 4. The van der Waals surface area contributed by atoms with Crippen LogP contribution >= 0.6 is 0 Å². The molecule has 172 valence electrons. The van der Waals surface area contributed by atoms with Gasteiger partial charge in [0.15, 0.2) is 0 Å². The molecular formula is C26H25N5O3. The van der Waals surface area contributed by atoms with Gasteiger partial charge in [-0.25, -0.2) is 4.98 Å². The fourth-order valence-electron chi connectivity index (χ4n) is 3.79. The van der Waals surface area contributed by atoms with Crippen LogP contribution in [0.4, 0.5) is 5.82 Å². The first kappa shape index (κ1) is 21.6. The maximum Gasteiger partial charge on any atom is 0.252 e. The van der Waals surface area contributed by atoms with Gasteiger partial charge in [-0.05, 0) is 37.0 Å². The molecule has 0 aliphatic heterocycles. The number of H-pyrrole nitrogens is 1. The first-order valence-corrected chi connectivity index (χ1v) is 11.3. The topological polar surface area (TPSA) is 102 Å². The molecule has 1 aliphatic carbocycles. The van der Waals surface area contributed by atoms with Crippen LogP contribution in [0.5, 0.6) is 5.75 Å². The Morgan fingerprint density at radius 3 is 2.59 bits per heavy atom. The Bertz CT molecular complexity index is 1360. The molecule has 4 aromatic rings. The summed E-state index contributed by atoms with van der Waals surface area (Å²) in [6.45, 7) is 0. The monoisotopic (exact) mass is 455 g/mol. The highest BCUT2D eigenvalue weighted by molar-refractivity contribution is 5.90. The Labute approximate surface area is 196 Å². The van der Waals surface area contributed by atoms with Crippen LogP contribution in [0.3, 0.4) is 0 Å². The van der Waals surface area contributed by atoms with E-state index in [4.69, 9.17) is 4.74 Å². The molecule has 2 aromatic heterocycles. The number of carbonyl (C=O) groups excluding carboxylic acids is 1. The van der Waals surface area contributed by atoms with Crippen LogP contribution in [-0.2, 0) is 11.2 Å². The number of amides is 1. The summed E-state index contributed by atoms with van der Waals surface area (Å²) in [5, 5.41) is 7.62. The number of benzene rings is 2. The number of ether oxygens (including phenoxy) is 1. The molecule has 2 heterocycles. The summed E-state index contributed by atoms with van der Waals surface area (Å²) in [5.74, 6) is 1.78. The number of aromatic amines is 1. The second-order valence-electron chi connectivity index (χ2n) is 8.36. The molecule has 0 unspecified atom stereocenters. The summed E-state index contributed by atoms with van der Waals surface area (Å²) >= 11 is 0. The Kier molecular flexibility index (Phi) is 5.95. The van der Waals surface area contributed by atoms with Gasteiger partial charge in [0.2, 0.25) is 11.9 Å². The smallest absolute Gasteiger partial charge is 0.252 e. The quantitative estimate of drug-likeness (QED) is 0.417. The molecule has 0 atom stereocenters. The predicted octanol–water partition coefficient (Wildman–Crippen LogP) is 4.08. The first-order valence-electron chi connectivity index (χ1n) is 11.3. The van der Waals surface area contributed by atoms with Crippen molar-refractivity contribution in [2.24, 2.45) is 0 Å². The van der Waals surface area contributed by atoms with Gasteiger partial charge in [-0.15, -0.1) is 0 Å². The number of carbonyl (C=O) groups is 1. The zero-order valence-electron chi connectivity index (χ0n) is 18.8. The normalized spacial score (nSPS) is 13.0. The van der Waals surface area contributed by atoms with E-state index in [0.29, 0.717) is 30.3 Å². The van der Waals surface area contributed by atoms with Crippen molar-refractivity contribution in [3.63, 3.8) is 0 Å². The largest absolute Gasteiger partial charge is 0.497 e. The zero-order valence-corrected chi connectivity index (χ0v) is 18.8. The van der Waals surface area contributed by atoms with Crippen molar-refractivity contribution in [1.82, 2.24) is 19.7 Å². The molecule has 8 nitrogen and oxygen atoms in total. The van der Waals surface area contributed by atoms with E-state index in [9.17, 15) is 9.59 Å². The van der Waals surface area contributed by atoms with Gasteiger partial charge in [-0.3, -0.25) is 14.6 Å². The number of hydrogen-bond donors (Lipinski definition) is 2. The Balaban J connectivity index is 1.39. The minimum absolute atomic E-state index is 0.138.